The zero-order chi connectivity index (χ0) is 13.2. The maximum absolute atomic E-state index is 6.08. The molecule has 1 aromatic rings. The number of nitrogens with two attached hydrogens (primary N) is 1. The largest absolute Gasteiger partial charge is 0.375 e. The number of halogens is 1. The molecule has 2 fully saturated rings. The van der Waals surface area contributed by atoms with Gasteiger partial charge in [-0.25, -0.2) is 0 Å². The Hall–Kier alpha value is 0.0600. The Kier molecular flexibility index (Phi) is 4.59. The van der Waals surface area contributed by atoms with E-state index in [9.17, 15) is 0 Å². The predicted octanol–water partition coefficient (Wildman–Crippen LogP) is 3.15. The monoisotopic (exact) mass is 344 g/mol. The Bertz CT molecular complexity index is 423. The summed E-state index contributed by atoms with van der Waals surface area (Å²) in [5.41, 5.74) is 6.08. The molecule has 2 aliphatic rings. The van der Waals surface area contributed by atoms with Crippen LogP contribution in [0, 0.1) is 0 Å². The highest BCUT2D eigenvalue weighted by atomic mass is 79.9. The molecule has 2 N–H and O–H groups in total. The van der Waals surface area contributed by atoms with Crippen LogP contribution >= 0.6 is 27.3 Å². The van der Waals surface area contributed by atoms with Gasteiger partial charge in [-0.3, -0.25) is 4.90 Å². The standard InChI is InChI=1S/C14H21BrN2OS/c15-10-7-14(19-9-10)12(8-16)17-5-6-18-13-4-2-1-3-11(13)17/h7,9,11-13H,1-6,8,16H2. The van der Waals surface area contributed by atoms with Crippen molar-refractivity contribution in [3.8, 4) is 0 Å². The van der Waals surface area contributed by atoms with Gasteiger partial charge in [0.25, 0.3) is 0 Å². The van der Waals surface area contributed by atoms with Gasteiger partial charge < -0.3 is 10.5 Å². The Labute approximate surface area is 127 Å². The Morgan fingerprint density at radius 1 is 1.47 bits per heavy atom. The lowest BCUT2D eigenvalue weighted by Gasteiger charge is -2.46. The summed E-state index contributed by atoms with van der Waals surface area (Å²) in [6.45, 7) is 2.55. The van der Waals surface area contributed by atoms with Crippen molar-refractivity contribution < 1.29 is 4.74 Å². The molecule has 19 heavy (non-hydrogen) atoms. The molecule has 1 saturated heterocycles. The van der Waals surface area contributed by atoms with Gasteiger partial charge in [0.2, 0.25) is 0 Å². The first kappa shape index (κ1) is 14.0. The van der Waals surface area contributed by atoms with Crippen molar-refractivity contribution in [2.45, 2.75) is 43.9 Å². The SMILES string of the molecule is NCC(c1cc(Br)cs1)N1CCOC2CCCCC21. The van der Waals surface area contributed by atoms with Crippen LogP contribution < -0.4 is 5.73 Å². The molecule has 3 nitrogen and oxygen atoms in total. The quantitative estimate of drug-likeness (QED) is 0.915. The lowest BCUT2D eigenvalue weighted by atomic mass is 9.89. The summed E-state index contributed by atoms with van der Waals surface area (Å²) in [4.78, 5) is 3.98. The Balaban J connectivity index is 1.81. The molecule has 106 valence electrons. The van der Waals surface area contributed by atoms with E-state index in [4.69, 9.17) is 10.5 Å². The smallest absolute Gasteiger partial charge is 0.0731 e. The summed E-state index contributed by atoms with van der Waals surface area (Å²) in [6.07, 6.45) is 5.54. The third-order valence-corrected chi connectivity index (χ3v) is 6.11. The number of hydrogen-bond acceptors (Lipinski definition) is 4. The van der Waals surface area contributed by atoms with Crippen molar-refractivity contribution in [2.24, 2.45) is 5.73 Å². The van der Waals surface area contributed by atoms with Crippen LogP contribution in [-0.4, -0.2) is 36.7 Å². The molecule has 0 amide bonds. The topological polar surface area (TPSA) is 38.5 Å². The van der Waals surface area contributed by atoms with Crippen LogP contribution in [0.5, 0.6) is 0 Å². The van der Waals surface area contributed by atoms with Crippen molar-refractivity contribution in [1.82, 2.24) is 4.90 Å². The van der Waals surface area contributed by atoms with E-state index in [0.29, 0.717) is 24.7 Å². The molecular weight excluding hydrogens is 324 g/mol. The van der Waals surface area contributed by atoms with E-state index >= 15 is 0 Å². The number of hydrogen-bond donors (Lipinski definition) is 1. The van der Waals surface area contributed by atoms with Gasteiger partial charge in [-0.1, -0.05) is 12.8 Å². The van der Waals surface area contributed by atoms with E-state index in [1.165, 1.54) is 35.0 Å². The number of morpholine rings is 1. The van der Waals surface area contributed by atoms with Gasteiger partial charge in [0.1, 0.15) is 0 Å². The minimum atomic E-state index is 0.353. The summed E-state index contributed by atoms with van der Waals surface area (Å²) in [5, 5.41) is 2.15. The molecule has 3 unspecified atom stereocenters. The molecule has 1 aliphatic heterocycles. The molecule has 0 aromatic carbocycles. The third kappa shape index (κ3) is 2.90. The van der Waals surface area contributed by atoms with Crippen LogP contribution in [0.4, 0.5) is 0 Å². The lowest BCUT2D eigenvalue weighted by molar-refractivity contribution is -0.102. The minimum Gasteiger partial charge on any atom is -0.375 e. The first-order valence-corrected chi connectivity index (χ1v) is 8.78. The number of fused-ring (bicyclic) bond motifs is 1. The molecule has 3 rings (SSSR count). The van der Waals surface area contributed by atoms with Gasteiger partial charge in [0.05, 0.1) is 18.8 Å². The molecule has 5 heteroatoms. The first-order chi connectivity index (χ1) is 9.29. The summed E-state index contributed by atoms with van der Waals surface area (Å²) in [5.74, 6) is 0. The predicted molar refractivity (Wildman–Crippen MR) is 82.5 cm³/mol. The second-order valence-corrected chi connectivity index (χ2v) is 7.28. The second kappa shape index (κ2) is 6.22. The van der Waals surface area contributed by atoms with Crippen LogP contribution in [-0.2, 0) is 4.74 Å². The van der Waals surface area contributed by atoms with Crippen LogP contribution in [0.3, 0.4) is 0 Å². The van der Waals surface area contributed by atoms with E-state index in [1.807, 2.05) is 0 Å². The Morgan fingerprint density at radius 2 is 2.32 bits per heavy atom. The zero-order valence-corrected chi connectivity index (χ0v) is 13.5. The van der Waals surface area contributed by atoms with Crippen molar-refractivity contribution in [3.05, 3.63) is 20.8 Å². The number of thiophene rings is 1. The maximum Gasteiger partial charge on any atom is 0.0731 e. The van der Waals surface area contributed by atoms with Gasteiger partial charge in [-0.15, -0.1) is 11.3 Å². The van der Waals surface area contributed by atoms with Crippen LogP contribution in [0.1, 0.15) is 36.6 Å². The maximum atomic E-state index is 6.08. The van der Waals surface area contributed by atoms with E-state index in [2.05, 4.69) is 32.3 Å². The summed E-state index contributed by atoms with van der Waals surface area (Å²) < 4.78 is 7.13. The van der Waals surface area contributed by atoms with Crippen molar-refractivity contribution in [1.29, 1.82) is 0 Å². The van der Waals surface area contributed by atoms with E-state index in [-0.39, 0.29) is 0 Å². The third-order valence-electron chi connectivity index (χ3n) is 4.31. The summed E-state index contributed by atoms with van der Waals surface area (Å²) >= 11 is 5.35. The van der Waals surface area contributed by atoms with Gasteiger partial charge in [0.15, 0.2) is 0 Å². The molecule has 0 spiro atoms. The average Bonchev–Trinajstić information content (AvgIpc) is 2.86. The second-order valence-electron chi connectivity index (χ2n) is 5.42. The molecule has 0 radical (unpaired) electrons. The highest BCUT2D eigenvalue weighted by Crippen LogP contribution is 2.36. The van der Waals surface area contributed by atoms with Crippen molar-refractivity contribution in [3.63, 3.8) is 0 Å². The number of ether oxygens (including phenoxy) is 1. The number of rotatable bonds is 3. The molecule has 0 bridgehead atoms. The highest BCUT2D eigenvalue weighted by molar-refractivity contribution is 9.10. The fourth-order valence-electron chi connectivity index (χ4n) is 3.43. The van der Waals surface area contributed by atoms with E-state index in [1.54, 1.807) is 11.3 Å². The molecule has 1 aromatic heterocycles. The van der Waals surface area contributed by atoms with Crippen LogP contribution in [0.15, 0.2) is 15.9 Å². The first-order valence-electron chi connectivity index (χ1n) is 7.11. The molecule has 1 saturated carbocycles. The number of nitrogens with zero attached hydrogens (tertiary/aromatic N) is 1. The fourth-order valence-corrected chi connectivity index (χ4v) is 5.01. The lowest BCUT2D eigenvalue weighted by Crippen LogP contribution is -2.54. The van der Waals surface area contributed by atoms with Gasteiger partial charge in [-0.05, 0) is 34.8 Å². The highest BCUT2D eigenvalue weighted by Gasteiger charge is 2.37. The van der Waals surface area contributed by atoms with Gasteiger partial charge >= 0.3 is 0 Å². The minimum absolute atomic E-state index is 0.353. The summed E-state index contributed by atoms with van der Waals surface area (Å²) in [6, 6.07) is 3.14. The van der Waals surface area contributed by atoms with Crippen LogP contribution in [0.25, 0.3) is 0 Å². The summed E-state index contributed by atoms with van der Waals surface area (Å²) in [7, 11) is 0. The molecule has 2 heterocycles. The zero-order valence-electron chi connectivity index (χ0n) is 11.1. The molecular formula is C14H21BrN2OS. The van der Waals surface area contributed by atoms with Crippen molar-refractivity contribution >= 4 is 27.3 Å². The van der Waals surface area contributed by atoms with E-state index < -0.39 is 0 Å². The molecule has 1 aliphatic carbocycles. The van der Waals surface area contributed by atoms with E-state index in [0.717, 1.165) is 13.2 Å². The molecule has 3 atom stereocenters. The van der Waals surface area contributed by atoms with Crippen LogP contribution in [0.2, 0.25) is 0 Å². The Morgan fingerprint density at radius 3 is 3.05 bits per heavy atom. The van der Waals surface area contributed by atoms with Crippen molar-refractivity contribution in [2.75, 3.05) is 19.7 Å². The van der Waals surface area contributed by atoms with Gasteiger partial charge in [-0.2, -0.15) is 0 Å². The van der Waals surface area contributed by atoms with Gasteiger partial charge in [0, 0.05) is 33.9 Å². The fraction of sp³-hybridized carbons (Fsp3) is 0.714. The average molecular weight is 345 g/mol. The normalized spacial score (nSPS) is 30.0.